The van der Waals surface area contributed by atoms with Gasteiger partial charge in [0.2, 0.25) is 0 Å². The number of likely N-dealkylation sites (N-methyl/N-ethyl adjacent to an activating group) is 1. The topological polar surface area (TPSA) is 58.7 Å². The van der Waals surface area contributed by atoms with E-state index in [4.69, 9.17) is 15.6 Å². The molecular formula is C11H16BrFN2O2. The lowest BCUT2D eigenvalue weighted by molar-refractivity contribution is 0.0971. The summed E-state index contributed by atoms with van der Waals surface area (Å²) in [7, 11) is 1.85. The molecule has 1 rings (SSSR count). The molecule has 0 heterocycles. The normalized spacial score (nSPS) is 10.6. The molecule has 0 aliphatic rings. The zero-order valence-corrected chi connectivity index (χ0v) is 11.2. The van der Waals surface area contributed by atoms with Crippen molar-refractivity contribution in [2.75, 3.05) is 44.0 Å². The van der Waals surface area contributed by atoms with Gasteiger partial charge in [0, 0.05) is 19.7 Å². The van der Waals surface area contributed by atoms with Crippen LogP contribution in [0.3, 0.4) is 0 Å². The van der Waals surface area contributed by atoms with Gasteiger partial charge in [-0.3, -0.25) is 0 Å². The van der Waals surface area contributed by atoms with E-state index < -0.39 is 0 Å². The first kappa shape index (κ1) is 14.2. The van der Waals surface area contributed by atoms with Gasteiger partial charge in [-0.05, 0) is 22.0 Å². The Morgan fingerprint density at radius 2 is 2.18 bits per heavy atom. The third-order valence-corrected chi connectivity index (χ3v) is 2.90. The largest absolute Gasteiger partial charge is 0.397 e. The van der Waals surface area contributed by atoms with E-state index in [0.29, 0.717) is 29.9 Å². The summed E-state index contributed by atoms with van der Waals surface area (Å²) < 4.78 is 18.7. The molecule has 0 unspecified atom stereocenters. The van der Waals surface area contributed by atoms with Crippen molar-refractivity contribution in [2.24, 2.45) is 0 Å². The number of ether oxygens (including phenoxy) is 1. The Morgan fingerprint density at radius 1 is 1.47 bits per heavy atom. The lowest BCUT2D eigenvalue weighted by atomic mass is 10.2. The molecule has 0 saturated carbocycles. The maximum atomic E-state index is 13.2. The number of nitrogens with zero attached hydrogens (tertiary/aromatic N) is 1. The highest BCUT2D eigenvalue weighted by Gasteiger charge is 2.09. The fraction of sp³-hybridized carbons (Fsp3) is 0.455. The molecule has 0 amide bonds. The number of aliphatic hydroxyl groups is 1. The average Bonchev–Trinajstić information content (AvgIpc) is 2.29. The number of nitrogens with two attached hydrogens (primary N) is 1. The van der Waals surface area contributed by atoms with Crippen LogP contribution in [-0.2, 0) is 4.74 Å². The maximum absolute atomic E-state index is 13.2. The van der Waals surface area contributed by atoms with Gasteiger partial charge in [0.15, 0.2) is 0 Å². The standard InChI is InChI=1S/C11H16BrFN2O2/c1-15(2-4-17-5-3-16)11-6-8(12)9(13)7-10(11)14/h6-7,16H,2-5,14H2,1H3. The molecule has 6 heteroatoms. The van der Waals surface area contributed by atoms with E-state index in [2.05, 4.69) is 15.9 Å². The van der Waals surface area contributed by atoms with Gasteiger partial charge in [-0.15, -0.1) is 0 Å². The second-order valence-electron chi connectivity index (χ2n) is 3.58. The summed E-state index contributed by atoms with van der Waals surface area (Å²) in [6, 6.07) is 2.92. The maximum Gasteiger partial charge on any atom is 0.139 e. The first-order valence-corrected chi connectivity index (χ1v) is 5.99. The first-order valence-electron chi connectivity index (χ1n) is 5.20. The van der Waals surface area contributed by atoms with Crippen molar-refractivity contribution >= 4 is 27.3 Å². The number of rotatable bonds is 6. The van der Waals surface area contributed by atoms with Crippen LogP contribution in [-0.4, -0.2) is 38.5 Å². The minimum absolute atomic E-state index is 0.00789. The lowest BCUT2D eigenvalue weighted by Crippen LogP contribution is -2.24. The van der Waals surface area contributed by atoms with Crippen LogP contribution in [0.15, 0.2) is 16.6 Å². The Bertz CT molecular complexity index is 377. The summed E-state index contributed by atoms with van der Waals surface area (Å²) in [6.07, 6.45) is 0. The molecule has 96 valence electrons. The van der Waals surface area contributed by atoms with Gasteiger partial charge in [0.1, 0.15) is 5.82 Å². The predicted molar refractivity (Wildman–Crippen MR) is 69.7 cm³/mol. The summed E-state index contributed by atoms with van der Waals surface area (Å²) in [5.41, 5.74) is 6.86. The Kier molecular flexibility index (Phi) is 5.67. The van der Waals surface area contributed by atoms with Gasteiger partial charge < -0.3 is 20.5 Å². The van der Waals surface area contributed by atoms with Crippen LogP contribution in [0.2, 0.25) is 0 Å². The van der Waals surface area contributed by atoms with Crippen molar-refractivity contribution in [2.45, 2.75) is 0 Å². The Morgan fingerprint density at radius 3 is 2.82 bits per heavy atom. The molecule has 0 aromatic heterocycles. The van der Waals surface area contributed by atoms with Crippen molar-refractivity contribution in [3.8, 4) is 0 Å². The predicted octanol–water partition coefficient (Wildman–Crippen LogP) is 1.62. The van der Waals surface area contributed by atoms with E-state index in [0.717, 1.165) is 5.69 Å². The number of halogens is 2. The molecule has 4 nitrogen and oxygen atoms in total. The highest BCUT2D eigenvalue weighted by atomic mass is 79.9. The van der Waals surface area contributed by atoms with Crippen LogP contribution in [0, 0.1) is 5.82 Å². The van der Waals surface area contributed by atoms with Crippen molar-refractivity contribution in [3.05, 3.63) is 22.4 Å². The third kappa shape index (κ3) is 4.14. The van der Waals surface area contributed by atoms with Crippen molar-refractivity contribution in [1.82, 2.24) is 0 Å². The smallest absolute Gasteiger partial charge is 0.139 e. The van der Waals surface area contributed by atoms with Gasteiger partial charge in [-0.1, -0.05) is 0 Å². The second-order valence-corrected chi connectivity index (χ2v) is 4.44. The highest BCUT2D eigenvalue weighted by molar-refractivity contribution is 9.10. The van der Waals surface area contributed by atoms with Crippen LogP contribution < -0.4 is 10.6 Å². The van der Waals surface area contributed by atoms with Crippen molar-refractivity contribution in [1.29, 1.82) is 0 Å². The van der Waals surface area contributed by atoms with Crippen molar-refractivity contribution < 1.29 is 14.2 Å². The summed E-state index contributed by atoms with van der Waals surface area (Å²) in [6.45, 7) is 1.41. The van der Waals surface area contributed by atoms with E-state index in [9.17, 15) is 4.39 Å². The minimum Gasteiger partial charge on any atom is -0.397 e. The Balaban J connectivity index is 2.62. The van der Waals surface area contributed by atoms with Crippen LogP contribution in [0.25, 0.3) is 0 Å². The number of nitrogen functional groups attached to an aromatic ring is 1. The van der Waals surface area contributed by atoms with Gasteiger partial charge in [0.05, 0.1) is 35.7 Å². The van der Waals surface area contributed by atoms with Crippen LogP contribution in [0.5, 0.6) is 0 Å². The third-order valence-electron chi connectivity index (χ3n) is 2.29. The molecule has 1 aromatic rings. The minimum atomic E-state index is -0.379. The number of hydrogen-bond acceptors (Lipinski definition) is 4. The van der Waals surface area contributed by atoms with E-state index in [1.807, 2.05) is 11.9 Å². The van der Waals surface area contributed by atoms with Crippen LogP contribution in [0.1, 0.15) is 0 Å². The fourth-order valence-electron chi connectivity index (χ4n) is 1.37. The van der Waals surface area contributed by atoms with Gasteiger partial charge >= 0.3 is 0 Å². The molecule has 0 spiro atoms. The number of hydrogen-bond donors (Lipinski definition) is 2. The Labute approximate surface area is 108 Å². The molecule has 0 aliphatic heterocycles. The molecular weight excluding hydrogens is 291 g/mol. The molecule has 3 N–H and O–H groups in total. The number of benzene rings is 1. The SMILES string of the molecule is CN(CCOCCO)c1cc(Br)c(F)cc1N. The quantitative estimate of drug-likeness (QED) is 0.619. The van der Waals surface area contributed by atoms with Gasteiger partial charge in [-0.2, -0.15) is 0 Å². The molecule has 0 bridgehead atoms. The first-order chi connectivity index (χ1) is 8.06. The fourth-order valence-corrected chi connectivity index (χ4v) is 1.70. The molecule has 0 fully saturated rings. The van der Waals surface area contributed by atoms with E-state index >= 15 is 0 Å². The van der Waals surface area contributed by atoms with Crippen LogP contribution >= 0.6 is 15.9 Å². The lowest BCUT2D eigenvalue weighted by Gasteiger charge is -2.21. The summed E-state index contributed by atoms with van der Waals surface area (Å²) in [5.74, 6) is -0.379. The summed E-state index contributed by atoms with van der Waals surface area (Å²) in [4.78, 5) is 1.87. The van der Waals surface area contributed by atoms with Crippen LogP contribution in [0.4, 0.5) is 15.8 Å². The molecule has 0 radical (unpaired) electrons. The molecule has 17 heavy (non-hydrogen) atoms. The number of anilines is 2. The zero-order chi connectivity index (χ0) is 12.8. The van der Waals surface area contributed by atoms with Crippen molar-refractivity contribution in [3.63, 3.8) is 0 Å². The van der Waals surface area contributed by atoms with Gasteiger partial charge in [0.25, 0.3) is 0 Å². The summed E-state index contributed by atoms with van der Waals surface area (Å²) >= 11 is 3.12. The zero-order valence-electron chi connectivity index (χ0n) is 9.62. The average molecular weight is 307 g/mol. The van der Waals surface area contributed by atoms with E-state index in [1.165, 1.54) is 6.07 Å². The molecule has 0 atom stereocenters. The molecule has 0 aliphatic carbocycles. The monoisotopic (exact) mass is 306 g/mol. The second kappa shape index (κ2) is 6.78. The Hall–Kier alpha value is -0.850. The molecule has 1 aromatic carbocycles. The van der Waals surface area contributed by atoms with Gasteiger partial charge in [-0.25, -0.2) is 4.39 Å². The highest BCUT2D eigenvalue weighted by Crippen LogP contribution is 2.28. The van der Waals surface area contributed by atoms with E-state index in [-0.39, 0.29) is 12.4 Å². The number of aliphatic hydroxyl groups excluding tert-OH is 1. The summed E-state index contributed by atoms with van der Waals surface area (Å²) in [5, 5.41) is 8.55. The van der Waals surface area contributed by atoms with E-state index in [1.54, 1.807) is 6.07 Å². The molecule has 0 saturated heterocycles.